The molecule has 1 aliphatic heterocycles. The number of hydrogen-bond acceptors (Lipinski definition) is 5. The van der Waals surface area contributed by atoms with Crippen molar-refractivity contribution in [3.8, 4) is 0 Å². The molecule has 6 heteroatoms. The van der Waals surface area contributed by atoms with Gasteiger partial charge >= 0.3 is 0 Å². The normalized spacial score (nSPS) is 20.3. The predicted octanol–water partition coefficient (Wildman–Crippen LogP) is 3.24. The van der Waals surface area contributed by atoms with Crippen LogP contribution in [0.1, 0.15) is 40.0 Å². The third-order valence-electron chi connectivity index (χ3n) is 4.22. The van der Waals surface area contributed by atoms with Crippen molar-refractivity contribution in [3.05, 3.63) is 5.28 Å². The molecule has 1 saturated heterocycles. The van der Waals surface area contributed by atoms with Gasteiger partial charge in [-0.3, -0.25) is 0 Å². The third kappa shape index (κ3) is 4.19. The summed E-state index contributed by atoms with van der Waals surface area (Å²) in [6.07, 6.45) is 3.60. The second-order valence-corrected chi connectivity index (χ2v) is 7.42. The minimum atomic E-state index is 0.264. The van der Waals surface area contributed by atoms with Crippen LogP contribution in [0.15, 0.2) is 0 Å². The van der Waals surface area contributed by atoms with Crippen LogP contribution < -0.4 is 9.80 Å². The van der Waals surface area contributed by atoms with Crippen LogP contribution >= 0.6 is 11.6 Å². The Morgan fingerprint density at radius 1 is 1.10 bits per heavy atom. The summed E-state index contributed by atoms with van der Waals surface area (Å²) in [5.41, 5.74) is 0.363. The lowest BCUT2D eigenvalue weighted by Crippen LogP contribution is -2.28. The number of anilines is 2. The summed E-state index contributed by atoms with van der Waals surface area (Å²) in [6, 6.07) is 0. The molecule has 0 aromatic carbocycles. The molecule has 0 saturated carbocycles. The highest BCUT2D eigenvalue weighted by Crippen LogP contribution is 2.34. The fraction of sp³-hybridized carbons (Fsp3) is 0.800. The van der Waals surface area contributed by atoms with E-state index in [1.165, 1.54) is 19.3 Å². The van der Waals surface area contributed by atoms with E-state index in [0.29, 0.717) is 17.3 Å². The maximum absolute atomic E-state index is 6.04. The molecule has 5 nitrogen and oxygen atoms in total. The molecule has 1 aromatic rings. The Bertz CT molecular complexity index is 483. The maximum atomic E-state index is 6.04. The summed E-state index contributed by atoms with van der Waals surface area (Å²) in [5, 5.41) is 0.264. The quantitative estimate of drug-likeness (QED) is 0.839. The SMILES string of the molecule is CN(C)c1nc(Cl)nc(N2CCCC(C(C)(C)C)CC2)n1. The van der Waals surface area contributed by atoms with Crippen molar-refractivity contribution >= 4 is 23.5 Å². The van der Waals surface area contributed by atoms with E-state index in [2.05, 4.69) is 40.6 Å². The van der Waals surface area contributed by atoms with Gasteiger partial charge in [-0.05, 0) is 42.2 Å². The topological polar surface area (TPSA) is 45.2 Å². The van der Waals surface area contributed by atoms with Gasteiger partial charge in [0.2, 0.25) is 17.2 Å². The first-order valence-electron chi connectivity index (χ1n) is 7.61. The van der Waals surface area contributed by atoms with Gasteiger partial charge in [0.05, 0.1) is 0 Å². The summed E-state index contributed by atoms with van der Waals surface area (Å²) in [7, 11) is 3.82. The Balaban J connectivity index is 2.16. The zero-order chi connectivity index (χ0) is 15.6. The highest BCUT2D eigenvalue weighted by Gasteiger charge is 2.28. The predicted molar refractivity (Wildman–Crippen MR) is 88.2 cm³/mol. The van der Waals surface area contributed by atoms with E-state index in [1.54, 1.807) is 0 Å². The molecule has 0 bridgehead atoms. The van der Waals surface area contributed by atoms with E-state index in [4.69, 9.17) is 11.6 Å². The largest absolute Gasteiger partial charge is 0.347 e. The summed E-state index contributed by atoms with van der Waals surface area (Å²) in [4.78, 5) is 17.1. The fourth-order valence-electron chi connectivity index (χ4n) is 2.83. The van der Waals surface area contributed by atoms with Gasteiger partial charge < -0.3 is 9.80 Å². The van der Waals surface area contributed by atoms with Crippen LogP contribution in [0.2, 0.25) is 5.28 Å². The van der Waals surface area contributed by atoms with E-state index in [9.17, 15) is 0 Å². The van der Waals surface area contributed by atoms with Crippen molar-refractivity contribution in [1.82, 2.24) is 15.0 Å². The van der Waals surface area contributed by atoms with Crippen LogP contribution in [0.3, 0.4) is 0 Å². The minimum Gasteiger partial charge on any atom is -0.347 e. The molecule has 118 valence electrons. The van der Waals surface area contributed by atoms with E-state index in [1.807, 2.05) is 19.0 Å². The number of aromatic nitrogens is 3. The van der Waals surface area contributed by atoms with Crippen molar-refractivity contribution in [2.75, 3.05) is 37.0 Å². The van der Waals surface area contributed by atoms with Crippen LogP contribution in [0, 0.1) is 11.3 Å². The first-order chi connectivity index (χ1) is 9.77. The Hall–Kier alpha value is -1.10. The smallest absolute Gasteiger partial charge is 0.231 e. The monoisotopic (exact) mass is 311 g/mol. The van der Waals surface area contributed by atoms with Crippen molar-refractivity contribution in [1.29, 1.82) is 0 Å². The second kappa shape index (κ2) is 6.34. The lowest BCUT2D eigenvalue weighted by molar-refractivity contribution is 0.220. The molecule has 1 aromatic heterocycles. The molecule has 2 heterocycles. The van der Waals surface area contributed by atoms with Gasteiger partial charge in [-0.1, -0.05) is 20.8 Å². The minimum absolute atomic E-state index is 0.264. The van der Waals surface area contributed by atoms with E-state index < -0.39 is 0 Å². The van der Waals surface area contributed by atoms with Gasteiger partial charge in [-0.25, -0.2) is 0 Å². The molecule has 0 spiro atoms. The highest BCUT2D eigenvalue weighted by atomic mass is 35.5. The number of hydrogen-bond donors (Lipinski definition) is 0. The maximum Gasteiger partial charge on any atom is 0.231 e. The zero-order valence-corrected chi connectivity index (χ0v) is 14.5. The highest BCUT2D eigenvalue weighted by molar-refractivity contribution is 6.28. The lowest BCUT2D eigenvalue weighted by atomic mass is 9.77. The van der Waals surface area contributed by atoms with Gasteiger partial charge in [0.15, 0.2) is 0 Å². The Kier molecular flexibility index (Phi) is 4.91. The molecule has 0 amide bonds. The number of rotatable bonds is 2. The van der Waals surface area contributed by atoms with E-state index in [0.717, 1.165) is 19.0 Å². The van der Waals surface area contributed by atoms with Gasteiger partial charge in [0.1, 0.15) is 0 Å². The van der Waals surface area contributed by atoms with Gasteiger partial charge in [0.25, 0.3) is 0 Å². The van der Waals surface area contributed by atoms with Crippen LogP contribution in [0.25, 0.3) is 0 Å². The molecule has 1 fully saturated rings. The number of nitrogens with zero attached hydrogens (tertiary/aromatic N) is 5. The summed E-state index contributed by atoms with van der Waals surface area (Å²) in [6.45, 7) is 8.96. The zero-order valence-electron chi connectivity index (χ0n) is 13.7. The molecule has 2 rings (SSSR count). The molecular weight excluding hydrogens is 286 g/mol. The molecule has 1 aliphatic rings. The summed E-state index contributed by atoms with van der Waals surface area (Å²) >= 11 is 6.04. The van der Waals surface area contributed by atoms with Crippen molar-refractivity contribution < 1.29 is 0 Å². The summed E-state index contributed by atoms with van der Waals surface area (Å²) in [5.74, 6) is 2.06. The second-order valence-electron chi connectivity index (χ2n) is 7.08. The number of halogens is 1. The van der Waals surface area contributed by atoms with Crippen LogP contribution in [-0.4, -0.2) is 42.1 Å². The third-order valence-corrected chi connectivity index (χ3v) is 4.39. The molecule has 0 aliphatic carbocycles. The van der Waals surface area contributed by atoms with Crippen LogP contribution in [0.5, 0.6) is 0 Å². The Labute approximate surface area is 132 Å². The molecule has 21 heavy (non-hydrogen) atoms. The Morgan fingerprint density at radius 2 is 1.81 bits per heavy atom. The van der Waals surface area contributed by atoms with E-state index >= 15 is 0 Å². The summed E-state index contributed by atoms with van der Waals surface area (Å²) < 4.78 is 0. The molecule has 0 radical (unpaired) electrons. The lowest BCUT2D eigenvalue weighted by Gasteiger charge is -2.29. The van der Waals surface area contributed by atoms with Gasteiger partial charge in [0, 0.05) is 27.2 Å². The van der Waals surface area contributed by atoms with Crippen LogP contribution in [0.4, 0.5) is 11.9 Å². The fourth-order valence-corrected chi connectivity index (χ4v) is 2.98. The van der Waals surface area contributed by atoms with E-state index in [-0.39, 0.29) is 5.28 Å². The van der Waals surface area contributed by atoms with Crippen molar-refractivity contribution in [2.24, 2.45) is 11.3 Å². The molecule has 1 atom stereocenters. The standard InChI is InChI=1S/C15H26ClN5/c1-15(2,3)11-7-6-9-21(10-8-11)14-18-12(16)17-13(19-14)20(4)5/h11H,6-10H2,1-5H3. The average Bonchev–Trinajstić information content (AvgIpc) is 2.63. The van der Waals surface area contributed by atoms with Crippen LogP contribution in [-0.2, 0) is 0 Å². The molecule has 1 unspecified atom stereocenters. The van der Waals surface area contributed by atoms with Crippen molar-refractivity contribution in [2.45, 2.75) is 40.0 Å². The Morgan fingerprint density at radius 3 is 2.43 bits per heavy atom. The molecular formula is C15H26ClN5. The molecule has 0 N–H and O–H groups in total. The average molecular weight is 312 g/mol. The first-order valence-corrected chi connectivity index (χ1v) is 7.99. The van der Waals surface area contributed by atoms with Crippen molar-refractivity contribution in [3.63, 3.8) is 0 Å². The first kappa shape index (κ1) is 16.3. The van der Waals surface area contributed by atoms with Gasteiger partial charge in [-0.2, -0.15) is 15.0 Å². The van der Waals surface area contributed by atoms with Gasteiger partial charge in [-0.15, -0.1) is 0 Å².